The normalized spacial score (nSPS) is 52.2. The van der Waals surface area contributed by atoms with Crippen molar-refractivity contribution in [1.29, 1.82) is 0 Å². The fourth-order valence-corrected chi connectivity index (χ4v) is 3.01. The molecule has 1 heteroatoms. The zero-order chi connectivity index (χ0) is 7.14. The number of aliphatic hydroxyl groups is 1. The lowest BCUT2D eigenvalue weighted by Gasteiger charge is -2.25. The topological polar surface area (TPSA) is 20.2 Å². The van der Waals surface area contributed by atoms with E-state index < -0.39 is 0 Å². The molecule has 2 bridgehead atoms. The fourth-order valence-electron chi connectivity index (χ4n) is 3.01. The first-order valence-corrected chi connectivity index (χ1v) is 4.43. The van der Waals surface area contributed by atoms with Gasteiger partial charge in [-0.25, -0.2) is 0 Å². The summed E-state index contributed by atoms with van der Waals surface area (Å²) < 4.78 is 0. The van der Waals surface area contributed by atoms with Gasteiger partial charge in [0.25, 0.3) is 0 Å². The highest BCUT2D eigenvalue weighted by atomic mass is 16.3. The van der Waals surface area contributed by atoms with Gasteiger partial charge >= 0.3 is 0 Å². The Morgan fingerprint density at radius 3 is 2.40 bits per heavy atom. The van der Waals surface area contributed by atoms with Gasteiger partial charge in [0.2, 0.25) is 0 Å². The van der Waals surface area contributed by atoms with E-state index in [1.165, 1.54) is 19.3 Å². The zero-order valence-corrected chi connectivity index (χ0v) is 6.59. The molecule has 2 fully saturated rings. The van der Waals surface area contributed by atoms with Gasteiger partial charge in [-0.1, -0.05) is 6.92 Å². The fraction of sp³-hybridized carbons (Fsp3) is 1.00. The Labute approximate surface area is 62.4 Å². The van der Waals surface area contributed by atoms with Crippen LogP contribution >= 0.6 is 0 Å². The standard InChI is InChI=1S/C9H16O/c1-6-7-2-3-8(4-7)9(6)5-10/h6-10H,2-5H2,1H3/t6-,7+,8-,9+/m0/s1. The van der Waals surface area contributed by atoms with Gasteiger partial charge in [-0.2, -0.15) is 0 Å². The third-order valence-electron chi connectivity index (χ3n) is 3.75. The maximum Gasteiger partial charge on any atom is 0.0464 e. The molecule has 0 saturated heterocycles. The van der Waals surface area contributed by atoms with E-state index >= 15 is 0 Å². The van der Waals surface area contributed by atoms with Crippen LogP contribution in [0.15, 0.2) is 0 Å². The molecule has 0 aromatic heterocycles. The van der Waals surface area contributed by atoms with Crippen LogP contribution in [0.25, 0.3) is 0 Å². The van der Waals surface area contributed by atoms with Gasteiger partial charge in [-0.05, 0) is 42.9 Å². The number of fused-ring (bicyclic) bond motifs is 2. The minimum Gasteiger partial charge on any atom is -0.396 e. The Bertz CT molecular complexity index is 131. The largest absolute Gasteiger partial charge is 0.396 e. The van der Waals surface area contributed by atoms with Crippen LogP contribution in [0.3, 0.4) is 0 Å². The highest BCUT2D eigenvalue weighted by Gasteiger charge is 2.44. The first kappa shape index (κ1) is 6.66. The summed E-state index contributed by atoms with van der Waals surface area (Å²) in [5, 5.41) is 9.06. The monoisotopic (exact) mass is 140 g/mol. The van der Waals surface area contributed by atoms with E-state index in [-0.39, 0.29) is 0 Å². The Balaban J connectivity index is 2.10. The summed E-state index contributed by atoms with van der Waals surface area (Å²) in [6, 6.07) is 0. The molecule has 0 aromatic rings. The molecule has 0 amide bonds. The van der Waals surface area contributed by atoms with Crippen molar-refractivity contribution < 1.29 is 5.11 Å². The highest BCUT2D eigenvalue weighted by molar-refractivity contribution is 4.93. The Kier molecular flexibility index (Phi) is 1.48. The average Bonchev–Trinajstić information content (AvgIpc) is 2.46. The van der Waals surface area contributed by atoms with E-state index in [1.54, 1.807) is 0 Å². The van der Waals surface area contributed by atoms with Gasteiger partial charge in [0.15, 0.2) is 0 Å². The van der Waals surface area contributed by atoms with Gasteiger partial charge in [-0.15, -0.1) is 0 Å². The van der Waals surface area contributed by atoms with Crippen molar-refractivity contribution in [2.75, 3.05) is 6.61 Å². The molecule has 0 aromatic carbocycles. The summed E-state index contributed by atoms with van der Waals surface area (Å²) in [5.41, 5.74) is 0. The van der Waals surface area contributed by atoms with Crippen LogP contribution in [-0.2, 0) is 0 Å². The molecule has 0 unspecified atom stereocenters. The Morgan fingerprint density at radius 2 is 2.00 bits per heavy atom. The van der Waals surface area contributed by atoms with Crippen LogP contribution in [0.4, 0.5) is 0 Å². The zero-order valence-electron chi connectivity index (χ0n) is 6.59. The maximum atomic E-state index is 9.06. The first-order chi connectivity index (χ1) is 4.83. The molecule has 0 aliphatic heterocycles. The Morgan fingerprint density at radius 1 is 1.30 bits per heavy atom. The molecular weight excluding hydrogens is 124 g/mol. The predicted molar refractivity (Wildman–Crippen MR) is 40.6 cm³/mol. The molecule has 2 saturated carbocycles. The SMILES string of the molecule is C[C@H]1[C@@H]2CC[C@@H](C2)[C@@H]1CO. The third-order valence-corrected chi connectivity index (χ3v) is 3.75. The number of hydrogen-bond donors (Lipinski definition) is 1. The van der Waals surface area contributed by atoms with Gasteiger partial charge in [0.1, 0.15) is 0 Å². The van der Waals surface area contributed by atoms with Crippen molar-refractivity contribution in [3.05, 3.63) is 0 Å². The summed E-state index contributed by atoms with van der Waals surface area (Å²) in [4.78, 5) is 0. The van der Waals surface area contributed by atoms with E-state index in [0.717, 1.165) is 17.8 Å². The molecule has 0 spiro atoms. The molecule has 4 atom stereocenters. The van der Waals surface area contributed by atoms with Gasteiger partial charge in [-0.3, -0.25) is 0 Å². The van der Waals surface area contributed by atoms with Crippen LogP contribution in [-0.4, -0.2) is 11.7 Å². The van der Waals surface area contributed by atoms with Gasteiger partial charge in [0, 0.05) is 6.61 Å². The van der Waals surface area contributed by atoms with E-state index in [9.17, 15) is 0 Å². The lowest BCUT2D eigenvalue weighted by Crippen LogP contribution is -2.22. The van der Waals surface area contributed by atoms with Gasteiger partial charge in [0.05, 0.1) is 0 Å². The number of rotatable bonds is 1. The molecule has 2 rings (SSSR count). The molecule has 10 heavy (non-hydrogen) atoms. The Hall–Kier alpha value is -0.0400. The van der Waals surface area contributed by atoms with Gasteiger partial charge < -0.3 is 5.11 Å². The van der Waals surface area contributed by atoms with E-state index in [1.807, 2.05) is 0 Å². The number of hydrogen-bond acceptors (Lipinski definition) is 1. The first-order valence-electron chi connectivity index (χ1n) is 4.43. The predicted octanol–water partition coefficient (Wildman–Crippen LogP) is 1.66. The van der Waals surface area contributed by atoms with E-state index in [4.69, 9.17) is 5.11 Å². The van der Waals surface area contributed by atoms with Crippen molar-refractivity contribution in [3.8, 4) is 0 Å². The minimum absolute atomic E-state index is 0.433. The third kappa shape index (κ3) is 0.731. The molecule has 2 aliphatic rings. The van der Waals surface area contributed by atoms with Crippen LogP contribution in [0.5, 0.6) is 0 Å². The van der Waals surface area contributed by atoms with Crippen molar-refractivity contribution in [2.24, 2.45) is 23.7 Å². The van der Waals surface area contributed by atoms with Crippen molar-refractivity contribution in [2.45, 2.75) is 26.2 Å². The smallest absolute Gasteiger partial charge is 0.0464 e. The molecule has 0 heterocycles. The minimum atomic E-state index is 0.433. The lowest BCUT2D eigenvalue weighted by atomic mass is 9.81. The molecule has 1 nitrogen and oxygen atoms in total. The second kappa shape index (κ2) is 2.23. The van der Waals surface area contributed by atoms with E-state index in [2.05, 4.69) is 6.92 Å². The second-order valence-electron chi connectivity index (χ2n) is 4.04. The maximum absolute atomic E-state index is 9.06. The van der Waals surface area contributed by atoms with Crippen LogP contribution in [0, 0.1) is 23.7 Å². The molecule has 2 aliphatic carbocycles. The van der Waals surface area contributed by atoms with Crippen molar-refractivity contribution >= 4 is 0 Å². The van der Waals surface area contributed by atoms with Crippen molar-refractivity contribution in [3.63, 3.8) is 0 Å². The molecule has 1 N–H and O–H groups in total. The van der Waals surface area contributed by atoms with Crippen LogP contribution in [0.1, 0.15) is 26.2 Å². The van der Waals surface area contributed by atoms with Crippen LogP contribution < -0.4 is 0 Å². The number of aliphatic hydroxyl groups excluding tert-OH is 1. The summed E-state index contributed by atoms with van der Waals surface area (Å²) in [5.74, 6) is 3.30. The van der Waals surface area contributed by atoms with Crippen LogP contribution in [0.2, 0.25) is 0 Å². The quantitative estimate of drug-likeness (QED) is 0.587. The van der Waals surface area contributed by atoms with Crippen molar-refractivity contribution in [1.82, 2.24) is 0 Å². The summed E-state index contributed by atoms with van der Waals surface area (Å²) in [6.07, 6.45) is 4.23. The summed E-state index contributed by atoms with van der Waals surface area (Å²) in [7, 11) is 0. The molecular formula is C9H16O. The highest BCUT2D eigenvalue weighted by Crippen LogP contribution is 2.51. The average molecular weight is 140 g/mol. The lowest BCUT2D eigenvalue weighted by molar-refractivity contribution is 0.134. The van der Waals surface area contributed by atoms with E-state index in [0.29, 0.717) is 12.5 Å². The summed E-state index contributed by atoms with van der Waals surface area (Å²) in [6.45, 7) is 2.74. The second-order valence-corrected chi connectivity index (χ2v) is 4.04. The molecule has 0 radical (unpaired) electrons. The summed E-state index contributed by atoms with van der Waals surface area (Å²) >= 11 is 0. The molecule has 58 valence electrons.